The van der Waals surface area contributed by atoms with Gasteiger partial charge in [-0.15, -0.1) is 24.8 Å². The van der Waals surface area contributed by atoms with Gasteiger partial charge in [0.1, 0.15) is 0 Å². The second-order valence-electron chi connectivity index (χ2n) is 5.52. The first-order valence-corrected chi connectivity index (χ1v) is 7.51. The molecular formula is C17H26Cl2N4O. The fourth-order valence-electron chi connectivity index (χ4n) is 2.50. The number of nitrogens with zero attached hydrogens (tertiary/aromatic N) is 3. The normalized spacial score (nSPS) is 9.83. The van der Waals surface area contributed by atoms with Gasteiger partial charge in [-0.25, -0.2) is 0 Å². The fourth-order valence-corrected chi connectivity index (χ4v) is 2.50. The predicted octanol–water partition coefficient (Wildman–Crippen LogP) is 2.68. The van der Waals surface area contributed by atoms with Crippen LogP contribution in [0, 0.1) is 13.8 Å². The largest absolute Gasteiger partial charge is 0.342 e. The molecule has 5 nitrogen and oxygen atoms in total. The topological polar surface area (TPSA) is 50.2 Å². The molecule has 1 N–H and O–H groups in total. The summed E-state index contributed by atoms with van der Waals surface area (Å²) in [5.74, 6) is 0.0654. The summed E-state index contributed by atoms with van der Waals surface area (Å²) in [5, 5.41) is 3.06. The highest BCUT2D eigenvalue weighted by Crippen LogP contribution is 2.18. The van der Waals surface area contributed by atoms with E-state index in [4.69, 9.17) is 0 Å². The van der Waals surface area contributed by atoms with Crippen molar-refractivity contribution in [1.29, 1.82) is 0 Å². The van der Waals surface area contributed by atoms with E-state index in [1.165, 1.54) is 0 Å². The molecule has 0 aliphatic carbocycles. The van der Waals surface area contributed by atoms with Gasteiger partial charge in [0.15, 0.2) is 0 Å². The summed E-state index contributed by atoms with van der Waals surface area (Å²) < 4.78 is 2.14. The van der Waals surface area contributed by atoms with Gasteiger partial charge in [-0.1, -0.05) is 6.07 Å². The standard InChI is InChI=1S/C17H24N4O.2ClH/c1-13-11-16(17(22)20(4)10-9-18-3)14(2)21(13)12-15-7-5-6-8-19-15;;/h5-8,11,18H,9-10,12H2,1-4H3;2*1H. The second-order valence-corrected chi connectivity index (χ2v) is 5.52. The minimum absolute atomic E-state index is 0. The van der Waals surface area contributed by atoms with Crippen molar-refractivity contribution in [2.75, 3.05) is 27.2 Å². The first kappa shape index (κ1) is 22.4. The summed E-state index contributed by atoms with van der Waals surface area (Å²) in [4.78, 5) is 18.7. The number of rotatable bonds is 6. The highest BCUT2D eigenvalue weighted by atomic mass is 35.5. The van der Waals surface area contributed by atoms with Gasteiger partial charge in [-0.2, -0.15) is 0 Å². The Kier molecular flexibility index (Phi) is 9.66. The molecule has 0 spiro atoms. The molecular weight excluding hydrogens is 347 g/mol. The van der Waals surface area contributed by atoms with Crippen LogP contribution in [0.1, 0.15) is 27.4 Å². The van der Waals surface area contributed by atoms with Gasteiger partial charge < -0.3 is 14.8 Å². The van der Waals surface area contributed by atoms with Crippen LogP contribution in [0.25, 0.3) is 0 Å². The van der Waals surface area contributed by atoms with Crippen molar-refractivity contribution in [2.24, 2.45) is 0 Å². The van der Waals surface area contributed by atoms with Gasteiger partial charge in [0.05, 0.1) is 17.8 Å². The van der Waals surface area contributed by atoms with Crippen LogP contribution in [-0.4, -0.2) is 47.5 Å². The first-order valence-electron chi connectivity index (χ1n) is 7.51. The number of nitrogens with one attached hydrogen (secondary N) is 1. The van der Waals surface area contributed by atoms with Crippen LogP contribution in [0.5, 0.6) is 0 Å². The lowest BCUT2D eigenvalue weighted by atomic mass is 10.2. The Morgan fingerprint density at radius 1 is 1.29 bits per heavy atom. The second kappa shape index (κ2) is 10.3. The van der Waals surface area contributed by atoms with Crippen molar-refractivity contribution in [3.63, 3.8) is 0 Å². The molecule has 2 aromatic rings. The maximum atomic E-state index is 12.6. The number of pyridine rings is 1. The summed E-state index contributed by atoms with van der Waals surface area (Å²) in [7, 11) is 3.72. The molecule has 0 unspecified atom stereocenters. The van der Waals surface area contributed by atoms with E-state index in [-0.39, 0.29) is 30.7 Å². The van der Waals surface area contributed by atoms with Crippen molar-refractivity contribution >= 4 is 30.7 Å². The van der Waals surface area contributed by atoms with Crippen LogP contribution < -0.4 is 5.32 Å². The third-order valence-corrected chi connectivity index (χ3v) is 3.89. The molecule has 0 aromatic carbocycles. The Morgan fingerprint density at radius 3 is 2.58 bits per heavy atom. The molecule has 0 atom stereocenters. The van der Waals surface area contributed by atoms with Crippen LogP contribution >= 0.6 is 24.8 Å². The number of carbonyl (C=O) groups is 1. The SMILES string of the molecule is CNCCN(C)C(=O)c1cc(C)n(Cc2ccccn2)c1C.Cl.Cl. The zero-order valence-electron chi connectivity index (χ0n) is 14.6. The van der Waals surface area contributed by atoms with Crippen LogP contribution in [0.4, 0.5) is 0 Å². The molecule has 1 amide bonds. The molecule has 0 bridgehead atoms. The summed E-state index contributed by atoms with van der Waals surface area (Å²) in [6, 6.07) is 7.86. The van der Waals surface area contributed by atoms with Crippen molar-refractivity contribution in [1.82, 2.24) is 19.8 Å². The smallest absolute Gasteiger partial charge is 0.255 e. The average Bonchev–Trinajstić information content (AvgIpc) is 2.81. The van der Waals surface area contributed by atoms with E-state index < -0.39 is 0 Å². The van der Waals surface area contributed by atoms with Crippen molar-refractivity contribution in [3.05, 3.63) is 53.1 Å². The minimum Gasteiger partial charge on any atom is -0.342 e. The predicted molar refractivity (Wildman–Crippen MR) is 103 cm³/mol. The molecule has 2 aromatic heterocycles. The van der Waals surface area contributed by atoms with E-state index in [0.29, 0.717) is 13.1 Å². The van der Waals surface area contributed by atoms with Gasteiger partial charge in [0, 0.05) is 37.7 Å². The van der Waals surface area contributed by atoms with Crippen molar-refractivity contribution in [2.45, 2.75) is 20.4 Å². The fraction of sp³-hybridized carbons (Fsp3) is 0.412. The zero-order valence-corrected chi connectivity index (χ0v) is 16.2. The van der Waals surface area contributed by atoms with Crippen LogP contribution in [0.3, 0.4) is 0 Å². The molecule has 2 rings (SSSR count). The maximum absolute atomic E-state index is 12.6. The summed E-state index contributed by atoms with van der Waals surface area (Å²) in [5.41, 5.74) is 3.83. The number of hydrogen-bond acceptors (Lipinski definition) is 3. The van der Waals surface area contributed by atoms with E-state index in [2.05, 4.69) is 14.9 Å². The number of amides is 1. The molecule has 134 valence electrons. The zero-order chi connectivity index (χ0) is 16.1. The number of aromatic nitrogens is 2. The molecule has 0 fully saturated rings. The van der Waals surface area contributed by atoms with Gasteiger partial charge in [-0.05, 0) is 39.1 Å². The van der Waals surface area contributed by atoms with Gasteiger partial charge in [-0.3, -0.25) is 9.78 Å². The van der Waals surface area contributed by atoms with Crippen LogP contribution in [0.2, 0.25) is 0 Å². The number of hydrogen-bond donors (Lipinski definition) is 1. The molecule has 0 saturated carbocycles. The molecule has 0 aliphatic rings. The number of likely N-dealkylation sites (N-methyl/N-ethyl adjacent to an activating group) is 2. The summed E-state index contributed by atoms with van der Waals surface area (Å²) >= 11 is 0. The van der Waals surface area contributed by atoms with Crippen molar-refractivity contribution in [3.8, 4) is 0 Å². The quantitative estimate of drug-likeness (QED) is 0.847. The van der Waals surface area contributed by atoms with E-state index in [0.717, 1.165) is 29.2 Å². The van der Waals surface area contributed by atoms with Crippen LogP contribution in [0.15, 0.2) is 30.5 Å². The Labute approximate surface area is 156 Å². The summed E-state index contributed by atoms with van der Waals surface area (Å²) in [6.07, 6.45) is 1.79. The number of halogens is 2. The molecule has 7 heteroatoms. The molecule has 24 heavy (non-hydrogen) atoms. The Balaban J connectivity index is 0.00000264. The average molecular weight is 373 g/mol. The van der Waals surface area contributed by atoms with Gasteiger partial charge in [0.2, 0.25) is 0 Å². The first-order chi connectivity index (χ1) is 10.5. The molecule has 0 radical (unpaired) electrons. The number of aryl methyl sites for hydroxylation is 1. The Morgan fingerprint density at radius 2 is 2.00 bits per heavy atom. The highest BCUT2D eigenvalue weighted by molar-refractivity contribution is 5.95. The lowest BCUT2D eigenvalue weighted by Crippen LogP contribution is -2.33. The van der Waals surface area contributed by atoms with E-state index in [1.54, 1.807) is 11.1 Å². The van der Waals surface area contributed by atoms with E-state index >= 15 is 0 Å². The van der Waals surface area contributed by atoms with Crippen molar-refractivity contribution < 1.29 is 4.79 Å². The maximum Gasteiger partial charge on any atom is 0.255 e. The third kappa shape index (κ3) is 5.23. The van der Waals surface area contributed by atoms with E-state index in [9.17, 15) is 4.79 Å². The lowest BCUT2D eigenvalue weighted by molar-refractivity contribution is 0.0796. The third-order valence-electron chi connectivity index (χ3n) is 3.89. The van der Waals surface area contributed by atoms with Gasteiger partial charge >= 0.3 is 0 Å². The summed E-state index contributed by atoms with van der Waals surface area (Å²) in [6.45, 7) is 6.19. The molecule has 0 saturated heterocycles. The monoisotopic (exact) mass is 372 g/mol. The highest BCUT2D eigenvalue weighted by Gasteiger charge is 2.18. The Bertz CT molecular complexity index is 644. The lowest BCUT2D eigenvalue weighted by Gasteiger charge is -2.17. The van der Waals surface area contributed by atoms with Crippen LogP contribution in [-0.2, 0) is 6.54 Å². The minimum atomic E-state index is 0. The van der Waals surface area contributed by atoms with E-state index in [1.807, 2.05) is 52.2 Å². The number of carbonyl (C=O) groups excluding carboxylic acids is 1. The molecule has 0 aliphatic heterocycles. The molecule has 2 heterocycles. The Hall–Kier alpha value is -1.56. The van der Waals surface area contributed by atoms with Gasteiger partial charge in [0.25, 0.3) is 5.91 Å².